The van der Waals surface area contributed by atoms with Crippen molar-refractivity contribution in [3.8, 4) is 33.8 Å². The Bertz CT molecular complexity index is 1020. The molecule has 2 aromatic carbocycles. The number of pyridine rings is 1. The molecule has 0 saturated heterocycles. The average molecular weight is 330 g/mol. The van der Waals surface area contributed by atoms with E-state index in [1.54, 1.807) is 14.2 Å². The number of rotatable bonds is 4. The molecule has 25 heavy (non-hydrogen) atoms. The number of aromatic amines is 1. The van der Waals surface area contributed by atoms with Crippen LogP contribution in [0.25, 0.3) is 33.3 Å². The zero-order valence-corrected chi connectivity index (χ0v) is 14.1. The Hall–Kier alpha value is -3.27. The number of H-pyrrole nitrogens is 1. The molecule has 4 aromatic rings. The SMILES string of the molecule is COc1ccc(-c2cnc3[nH]cc(-c4ccccc4OC)c3c2)cc1. The van der Waals surface area contributed by atoms with E-state index in [0.717, 1.165) is 44.8 Å². The maximum Gasteiger partial charge on any atom is 0.137 e. The van der Waals surface area contributed by atoms with Crippen LogP contribution in [0.15, 0.2) is 67.0 Å². The second-order valence-corrected chi connectivity index (χ2v) is 5.75. The first kappa shape index (κ1) is 15.3. The second-order valence-electron chi connectivity index (χ2n) is 5.75. The lowest BCUT2D eigenvalue weighted by Gasteiger charge is -2.08. The number of ether oxygens (including phenoxy) is 2. The maximum atomic E-state index is 5.51. The molecule has 0 spiro atoms. The van der Waals surface area contributed by atoms with Crippen LogP contribution >= 0.6 is 0 Å². The number of nitrogens with one attached hydrogen (secondary N) is 1. The molecule has 0 radical (unpaired) electrons. The van der Waals surface area contributed by atoms with Crippen LogP contribution in [-0.2, 0) is 0 Å². The van der Waals surface area contributed by atoms with Gasteiger partial charge in [-0.1, -0.05) is 30.3 Å². The predicted molar refractivity (Wildman–Crippen MR) is 100 cm³/mol. The number of hydrogen-bond donors (Lipinski definition) is 1. The number of aromatic nitrogens is 2. The normalized spacial score (nSPS) is 10.8. The molecular weight excluding hydrogens is 312 g/mol. The molecule has 4 nitrogen and oxygen atoms in total. The number of nitrogens with zero attached hydrogens (tertiary/aromatic N) is 1. The fourth-order valence-corrected chi connectivity index (χ4v) is 3.03. The molecule has 0 unspecified atom stereocenters. The lowest BCUT2D eigenvalue weighted by Crippen LogP contribution is -1.87. The lowest BCUT2D eigenvalue weighted by molar-refractivity contribution is 0.415. The maximum absolute atomic E-state index is 5.51. The van der Waals surface area contributed by atoms with E-state index >= 15 is 0 Å². The zero-order valence-electron chi connectivity index (χ0n) is 14.1. The molecule has 0 atom stereocenters. The number of para-hydroxylation sites is 1. The Balaban J connectivity index is 1.85. The smallest absolute Gasteiger partial charge is 0.137 e. The zero-order chi connectivity index (χ0) is 17.2. The Morgan fingerprint density at radius 1 is 0.840 bits per heavy atom. The highest BCUT2D eigenvalue weighted by Crippen LogP contribution is 2.36. The van der Waals surface area contributed by atoms with E-state index < -0.39 is 0 Å². The Morgan fingerprint density at radius 3 is 2.40 bits per heavy atom. The van der Waals surface area contributed by atoms with Gasteiger partial charge in [0.1, 0.15) is 17.1 Å². The summed E-state index contributed by atoms with van der Waals surface area (Å²) in [6, 6.07) is 18.2. The Morgan fingerprint density at radius 2 is 1.64 bits per heavy atom. The summed E-state index contributed by atoms with van der Waals surface area (Å²) in [5.74, 6) is 1.69. The van der Waals surface area contributed by atoms with E-state index in [2.05, 4.69) is 22.1 Å². The summed E-state index contributed by atoms with van der Waals surface area (Å²) in [7, 11) is 3.36. The van der Waals surface area contributed by atoms with Crippen LogP contribution in [0.1, 0.15) is 0 Å². The fourth-order valence-electron chi connectivity index (χ4n) is 3.03. The van der Waals surface area contributed by atoms with E-state index in [1.165, 1.54) is 0 Å². The van der Waals surface area contributed by atoms with E-state index in [0.29, 0.717) is 0 Å². The van der Waals surface area contributed by atoms with Gasteiger partial charge >= 0.3 is 0 Å². The minimum atomic E-state index is 0.842. The molecule has 1 N–H and O–H groups in total. The summed E-state index contributed by atoms with van der Waals surface area (Å²) in [6.07, 6.45) is 3.86. The quantitative estimate of drug-likeness (QED) is 0.578. The predicted octanol–water partition coefficient (Wildman–Crippen LogP) is 4.91. The van der Waals surface area contributed by atoms with Crippen molar-refractivity contribution in [2.75, 3.05) is 14.2 Å². The summed E-state index contributed by atoms with van der Waals surface area (Å²) in [5, 5.41) is 1.07. The van der Waals surface area contributed by atoms with Crippen LogP contribution in [0.4, 0.5) is 0 Å². The molecule has 0 bridgehead atoms. The number of methoxy groups -OCH3 is 2. The molecule has 4 rings (SSSR count). The average Bonchev–Trinajstić information content (AvgIpc) is 3.11. The van der Waals surface area contributed by atoms with Gasteiger partial charge in [-0.3, -0.25) is 0 Å². The van der Waals surface area contributed by atoms with Crippen molar-refractivity contribution in [3.63, 3.8) is 0 Å². The monoisotopic (exact) mass is 330 g/mol. The van der Waals surface area contributed by atoms with Crippen LogP contribution in [0, 0.1) is 0 Å². The van der Waals surface area contributed by atoms with Crippen LogP contribution < -0.4 is 9.47 Å². The highest BCUT2D eigenvalue weighted by molar-refractivity contribution is 5.97. The fraction of sp³-hybridized carbons (Fsp3) is 0.0952. The van der Waals surface area contributed by atoms with Crippen molar-refractivity contribution in [2.45, 2.75) is 0 Å². The molecule has 0 saturated carbocycles. The van der Waals surface area contributed by atoms with Gasteiger partial charge in [0.05, 0.1) is 14.2 Å². The standard InChI is InChI=1S/C21H18N2O2/c1-24-16-9-7-14(8-10-16)15-11-18-19(13-23-21(18)22-12-15)17-5-3-4-6-20(17)25-2/h3-13H,1-2H3,(H,22,23). The molecular formula is C21H18N2O2. The van der Waals surface area contributed by atoms with Crippen molar-refractivity contribution in [1.82, 2.24) is 9.97 Å². The van der Waals surface area contributed by atoms with Crippen LogP contribution in [0.2, 0.25) is 0 Å². The van der Waals surface area contributed by atoms with Crippen molar-refractivity contribution in [3.05, 3.63) is 67.0 Å². The van der Waals surface area contributed by atoms with Crippen molar-refractivity contribution in [2.24, 2.45) is 0 Å². The third-order valence-electron chi connectivity index (χ3n) is 4.35. The van der Waals surface area contributed by atoms with Gasteiger partial charge in [0, 0.05) is 34.5 Å². The molecule has 0 fully saturated rings. The Labute approximate surface area is 146 Å². The first-order valence-corrected chi connectivity index (χ1v) is 8.05. The molecule has 0 aliphatic rings. The first-order valence-electron chi connectivity index (χ1n) is 8.05. The first-order chi connectivity index (χ1) is 12.3. The summed E-state index contributed by atoms with van der Waals surface area (Å²) in [5.41, 5.74) is 5.15. The Kier molecular flexibility index (Phi) is 3.86. The van der Waals surface area contributed by atoms with E-state index in [9.17, 15) is 0 Å². The summed E-state index contributed by atoms with van der Waals surface area (Å²) in [6.45, 7) is 0. The topological polar surface area (TPSA) is 47.1 Å². The molecule has 0 amide bonds. The van der Waals surface area contributed by atoms with E-state index in [-0.39, 0.29) is 0 Å². The van der Waals surface area contributed by atoms with Crippen LogP contribution in [-0.4, -0.2) is 24.2 Å². The number of fused-ring (bicyclic) bond motifs is 1. The van der Waals surface area contributed by atoms with Gasteiger partial charge in [-0.2, -0.15) is 0 Å². The summed E-state index contributed by atoms with van der Waals surface area (Å²) in [4.78, 5) is 7.82. The summed E-state index contributed by atoms with van der Waals surface area (Å²) < 4.78 is 10.7. The number of benzene rings is 2. The second kappa shape index (κ2) is 6.32. The molecule has 2 aromatic heterocycles. The largest absolute Gasteiger partial charge is 0.497 e. The molecule has 124 valence electrons. The van der Waals surface area contributed by atoms with Gasteiger partial charge in [0.15, 0.2) is 0 Å². The van der Waals surface area contributed by atoms with Gasteiger partial charge in [-0.05, 0) is 29.8 Å². The molecule has 0 aliphatic carbocycles. The minimum Gasteiger partial charge on any atom is -0.497 e. The van der Waals surface area contributed by atoms with Crippen molar-refractivity contribution < 1.29 is 9.47 Å². The van der Waals surface area contributed by atoms with E-state index in [4.69, 9.17) is 9.47 Å². The highest BCUT2D eigenvalue weighted by Gasteiger charge is 2.12. The van der Waals surface area contributed by atoms with Crippen LogP contribution in [0.5, 0.6) is 11.5 Å². The van der Waals surface area contributed by atoms with E-state index in [1.807, 2.05) is 54.9 Å². The van der Waals surface area contributed by atoms with Crippen LogP contribution in [0.3, 0.4) is 0 Å². The van der Waals surface area contributed by atoms with Gasteiger partial charge < -0.3 is 14.5 Å². The molecule has 0 aliphatic heterocycles. The van der Waals surface area contributed by atoms with Gasteiger partial charge in [-0.15, -0.1) is 0 Å². The third kappa shape index (κ3) is 2.72. The molecule has 4 heteroatoms. The van der Waals surface area contributed by atoms with Crippen molar-refractivity contribution >= 4 is 11.0 Å². The minimum absolute atomic E-state index is 0.842. The summed E-state index contributed by atoms with van der Waals surface area (Å²) >= 11 is 0. The van der Waals surface area contributed by atoms with Gasteiger partial charge in [0.2, 0.25) is 0 Å². The van der Waals surface area contributed by atoms with Crippen molar-refractivity contribution in [1.29, 1.82) is 0 Å². The highest BCUT2D eigenvalue weighted by atomic mass is 16.5. The lowest BCUT2D eigenvalue weighted by atomic mass is 10.0. The molecule has 2 heterocycles. The van der Waals surface area contributed by atoms with Gasteiger partial charge in [-0.25, -0.2) is 4.98 Å². The van der Waals surface area contributed by atoms with Gasteiger partial charge in [0.25, 0.3) is 0 Å². The third-order valence-corrected chi connectivity index (χ3v) is 4.35. The number of hydrogen-bond acceptors (Lipinski definition) is 3.